The molecule has 2 rings (SSSR count). The fourth-order valence-corrected chi connectivity index (χ4v) is 2.26. The van der Waals surface area contributed by atoms with Crippen molar-refractivity contribution in [2.45, 2.75) is 32.7 Å². The van der Waals surface area contributed by atoms with E-state index in [2.05, 4.69) is 5.32 Å². The Bertz CT molecular complexity index is 525. The summed E-state index contributed by atoms with van der Waals surface area (Å²) in [5.74, 6) is -0.354. The quantitative estimate of drug-likeness (QED) is 0.861. The van der Waals surface area contributed by atoms with Crippen LogP contribution in [0.4, 0.5) is 0 Å². The van der Waals surface area contributed by atoms with Crippen LogP contribution in [-0.2, 0) is 11.2 Å². The van der Waals surface area contributed by atoms with Gasteiger partial charge in [-0.25, -0.2) is 4.79 Å². The van der Waals surface area contributed by atoms with Crippen molar-refractivity contribution in [3.05, 3.63) is 29.3 Å². The fraction of sp³-hybridized carbons (Fsp3) is 0.467. The van der Waals surface area contributed by atoms with Gasteiger partial charge in [0.15, 0.2) is 0 Å². The topological polar surface area (TPSA) is 75.6 Å². The minimum Gasteiger partial charge on any atom is -0.493 e. The van der Waals surface area contributed by atoms with Gasteiger partial charge in [-0.2, -0.15) is 0 Å². The molecule has 1 aliphatic heterocycles. The number of carboxylic acids is 1. The van der Waals surface area contributed by atoms with E-state index in [1.807, 2.05) is 13.8 Å². The second-order valence-electron chi connectivity index (χ2n) is 5.41. The van der Waals surface area contributed by atoms with Crippen LogP contribution in [0.3, 0.4) is 0 Å². The van der Waals surface area contributed by atoms with Crippen LogP contribution >= 0.6 is 0 Å². The third kappa shape index (κ3) is 3.29. The summed E-state index contributed by atoms with van der Waals surface area (Å²) in [6.45, 7) is 4.48. The highest BCUT2D eigenvalue weighted by molar-refractivity contribution is 5.97. The zero-order valence-electron chi connectivity index (χ0n) is 11.7. The molecule has 0 saturated carbocycles. The highest BCUT2D eigenvalue weighted by Gasteiger charge is 2.22. The van der Waals surface area contributed by atoms with Crippen LogP contribution in [0.15, 0.2) is 18.2 Å². The smallest absolute Gasteiger partial charge is 0.326 e. The van der Waals surface area contributed by atoms with E-state index in [1.165, 1.54) is 0 Å². The summed E-state index contributed by atoms with van der Waals surface area (Å²) in [4.78, 5) is 23.3. The number of carbonyl (C=O) groups is 2. The lowest BCUT2D eigenvalue weighted by Gasteiger charge is -2.16. The van der Waals surface area contributed by atoms with Gasteiger partial charge in [0.1, 0.15) is 11.8 Å². The number of rotatable bonds is 5. The van der Waals surface area contributed by atoms with E-state index >= 15 is 0 Å². The first kappa shape index (κ1) is 14.4. The van der Waals surface area contributed by atoms with Crippen molar-refractivity contribution < 1.29 is 19.4 Å². The molecule has 0 aliphatic carbocycles. The van der Waals surface area contributed by atoms with Crippen LogP contribution in [0.25, 0.3) is 0 Å². The molecule has 0 aromatic heterocycles. The molecule has 1 aromatic carbocycles. The summed E-state index contributed by atoms with van der Waals surface area (Å²) in [5.41, 5.74) is 1.47. The van der Waals surface area contributed by atoms with Gasteiger partial charge in [-0.15, -0.1) is 0 Å². The summed E-state index contributed by atoms with van der Waals surface area (Å²) in [6, 6.07) is 4.34. The molecule has 1 aromatic rings. The summed E-state index contributed by atoms with van der Waals surface area (Å²) < 4.78 is 5.38. The number of nitrogens with one attached hydrogen (secondary N) is 1. The number of hydrogen-bond donors (Lipinski definition) is 2. The van der Waals surface area contributed by atoms with Gasteiger partial charge in [0, 0.05) is 12.0 Å². The average molecular weight is 277 g/mol. The first-order valence-electron chi connectivity index (χ1n) is 6.76. The number of amides is 1. The lowest BCUT2D eigenvalue weighted by Crippen LogP contribution is -2.41. The Morgan fingerprint density at radius 1 is 1.40 bits per heavy atom. The van der Waals surface area contributed by atoms with Crippen LogP contribution in [0, 0.1) is 5.92 Å². The van der Waals surface area contributed by atoms with Gasteiger partial charge >= 0.3 is 5.97 Å². The Balaban J connectivity index is 2.08. The van der Waals surface area contributed by atoms with Crippen molar-refractivity contribution in [2.75, 3.05) is 6.61 Å². The van der Waals surface area contributed by atoms with E-state index < -0.39 is 12.0 Å². The predicted octanol–water partition coefficient (Wildman–Crippen LogP) is 1.85. The monoisotopic (exact) mass is 277 g/mol. The SMILES string of the molecule is CC(C)CC(NC(=O)c1ccc2c(c1)CCO2)C(=O)O. The molecular formula is C15H19NO4. The van der Waals surface area contributed by atoms with Gasteiger partial charge in [0.25, 0.3) is 5.91 Å². The molecule has 1 aliphatic rings. The van der Waals surface area contributed by atoms with Crippen molar-refractivity contribution in [3.8, 4) is 5.75 Å². The van der Waals surface area contributed by atoms with Crippen LogP contribution in [0.2, 0.25) is 0 Å². The zero-order valence-corrected chi connectivity index (χ0v) is 11.7. The van der Waals surface area contributed by atoms with Crippen molar-refractivity contribution in [3.63, 3.8) is 0 Å². The number of benzene rings is 1. The summed E-state index contributed by atoms with van der Waals surface area (Å²) >= 11 is 0. The number of aliphatic carboxylic acids is 1. The van der Waals surface area contributed by atoms with Crippen molar-refractivity contribution >= 4 is 11.9 Å². The first-order valence-corrected chi connectivity index (χ1v) is 6.76. The van der Waals surface area contributed by atoms with E-state index in [9.17, 15) is 9.59 Å². The molecule has 5 heteroatoms. The van der Waals surface area contributed by atoms with E-state index in [0.717, 1.165) is 17.7 Å². The lowest BCUT2D eigenvalue weighted by molar-refractivity contribution is -0.139. The molecule has 2 N–H and O–H groups in total. The molecular weight excluding hydrogens is 258 g/mol. The van der Waals surface area contributed by atoms with Gasteiger partial charge in [0.05, 0.1) is 6.61 Å². The molecule has 20 heavy (non-hydrogen) atoms. The van der Waals surface area contributed by atoms with Crippen LogP contribution < -0.4 is 10.1 Å². The molecule has 0 bridgehead atoms. The first-order chi connectivity index (χ1) is 9.47. The molecule has 1 unspecified atom stereocenters. The Labute approximate surface area is 117 Å². The zero-order chi connectivity index (χ0) is 14.7. The maximum absolute atomic E-state index is 12.1. The third-order valence-electron chi connectivity index (χ3n) is 3.26. The molecule has 1 atom stereocenters. The number of carbonyl (C=O) groups excluding carboxylic acids is 1. The number of ether oxygens (including phenoxy) is 1. The van der Waals surface area contributed by atoms with E-state index in [-0.39, 0.29) is 11.8 Å². The molecule has 1 heterocycles. The molecule has 0 fully saturated rings. The summed E-state index contributed by atoms with van der Waals surface area (Å²) in [7, 11) is 0. The van der Waals surface area contributed by atoms with Crippen molar-refractivity contribution in [1.82, 2.24) is 5.32 Å². The minimum absolute atomic E-state index is 0.199. The summed E-state index contributed by atoms with van der Waals surface area (Å²) in [5, 5.41) is 11.7. The minimum atomic E-state index is -1.00. The highest BCUT2D eigenvalue weighted by Crippen LogP contribution is 2.25. The Morgan fingerprint density at radius 3 is 2.80 bits per heavy atom. The van der Waals surface area contributed by atoms with Crippen molar-refractivity contribution in [2.24, 2.45) is 5.92 Å². The Hall–Kier alpha value is -2.04. The largest absolute Gasteiger partial charge is 0.493 e. The average Bonchev–Trinajstić information content (AvgIpc) is 2.84. The molecule has 108 valence electrons. The molecule has 0 spiro atoms. The Morgan fingerprint density at radius 2 is 2.15 bits per heavy atom. The highest BCUT2D eigenvalue weighted by atomic mass is 16.5. The van der Waals surface area contributed by atoms with Crippen LogP contribution in [0.5, 0.6) is 5.75 Å². The maximum atomic E-state index is 12.1. The van der Waals surface area contributed by atoms with Gasteiger partial charge < -0.3 is 15.2 Å². The molecule has 0 radical (unpaired) electrons. The van der Waals surface area contributed by atoms with Gasteiger partial charge in [0.2, 0.25) is 0 Å². The van der Waals surface area contributed by atoms with Crippen molar-refractivity contribution in [1.29, 1.82) is 0 Å². The molecule has 0 saturated heterocycles. The van der Waals surface area contributed by atoms with E-state index in [4.69, 9.17) is 9.84 Å². The van der Waals surface area contributed by atoms with Crippen LogP contribution in [0.1, 0.15) is 36.2 Å². The fourth-order valence-electron chi connectivity index (χ4n) is 2.26. The number of fused-ring (bicyclic) bond motifs is 1. The second-order valence-corrected chi connectivity index (χ2v) is 5.41. The Kier molecular flexibility index (Phi) is 4.27. The lowest BCUT2D eigenvalue weighted by atomic mass is 10.0. The third-order valence-corrected chi connectivity index (χ3v) is 3.26. The maximum Gasteiger partial charge on any atom is 0.326 e. The van der Waals surface area contributed by atoms with Gasteiger partial charge in [-0.3, -0.25) is 4.79 Å². The van der Waals surface area contributed by atoms with E-state index in [0.29, 0.717) is 18.6 Å². The van der Waals surface area contributed by atoms with Gasteiger partial charge in [-0.05, 0) is 36.1 Å². The molecule has 5 nitrogen and oxygen atoms in total. The van der Waals surface area contributed by atoms with Crippen LogP contribution in [-0.4, -0.2) is 29.6 Å². The second kappa shape index (κ2) is 5.94. The number of carboxylic acid groups (broad SMARTS) is 1. The summed E-state index contributed by atoms with van der Waals surface area (Å²) in [6.07, 6.45) is 1.19. The van der Waals surface area contributed by atoms with E-state index in [1.54, 1.807) is 18.2 Å². The standard InChI is InChI=1S/C15H19NO4/c1-9(2)7-12(15(18)19)16-14(17)11-3-4-13-10(8-11)5-6-20-13/h3-4,8-9,12H,5-7H2,1-2H3,(H,16,17)(H,18,19). The predicted molar refractivity (Wildman–Crippen MR) is 74.0 cm³/mol. The normalized spacial score (nSPS) is 14.6. The molecule has 1 amide bonds. The number of hydrogen-bond acceptors (Lipinski definition) is 3. The van der Waals surface area contributed by atoms with Gasteiger partial charge in [-0.1, -0.05) is 13.8 Å².